The highest BCUT2D eigenvalue weighted by atomic mass is 32.2. The number of halogens is 3. The quantitative estimate of drug-likeness (QED) is 0.611. The standard InChI is InChI=1S/C18H24F3N3O4S/c1-3-9-17(2,16(22)25)28-23-14-7-10-24(11-8-14)29(26,27)15-6-4-5-13(12-15)18(19,20)21/h4-7,12,23H,3,8-11H2,1-2H3,(H2,22,25). The Morgan fingerprint density at radius 3 is 2.55 bits per heavy atom. The molecule has 0 aromatic heterocycles. The zero-order valence-electron chi connectivity index (χ0n) is 16.1. The first-order valence-electron chi connectivity index (χ1n) is 9.00. The molecule has 1 heterocycles. The average molecular weight is 435 g/mol. The molecule has 0 radical (unpaired) electrons. The summed E-state index contributed by atoms with van der Waals surface area (Å²) >= 11 is 0. The van der Waals surface area contributed by atoms with E-state index < -0.39 is 38.2 Å². The van der Waals surface area contributed by atoms with Crippen LogP contribution in [-0.4, -0.2) is 37.3 Å². The Morgan fingerprint density at radius 1 is 1.34 bits per heavy atom. The average Bonchev–Trinajstić information content (AvgIpc) is 2.66. The van der Waals surface area contributed by atoms with Crippen molar-refractivity contribution in [2.75, 3.05) is 13.1 Å². The molecule has 1 unspecified atom stereocenters. The van der Waals surface area contributed by atoms with Crippen molar-refractivity contribution in [3.8, 4) is 0 Å². The summed E-state index contributed by atoms with van der Waals surface area (Å²) in [6.07, 6.45) is -1.78. The number of nitrogens with two attached hydrogens (primary N) is 1. The third-order valence-corrected chi connectivity index (χ3v) is 6.49. The number of hydrogen-bond acceptors (Lipinski definition) is 5. The van der Waals surface area contributed by atoms with Gasteiger partial charge in [0.15, 0.2) is 5.60 Å². The highest BCUT2D eigenvalue weighted by molar-refractivity contribution is 7.89. The van der Waals surface area contributed by atoms with Crippen LogP contribution in [-0.2, 0) is 25.8 Å². The zero-order chi connectivity index (χ0) is 21.9. The highest BCUT2D eigenvalue weighted by Crippen LogP contribution is 2.31. The molecule has 11 heteroatoms. The number of amides is 1. The molecule has 7 nitrogen and oxygen atoms in total. The molecule has 0 aliphatic carbocycles. The van der Waals surface area contributed by atoms with Crippen LogP contribution < -0.4 is 11.2 Å². The maximum absolute atomic E-state index is 12.9. The van der Waals surface area contributed by atoms with Crippen molar-refractivity contribution in [3.63, 3.8) is 0 Å². The molecule has 162 valence electrons. The monoisotopic (exact) mass is 435 g/mol. The molecule has 1 aromatic carbocycles. The molecule has 1 aliphatic rings. The van der Waals surface area contributed by atoms with Crippen LogP contribution in [0, 0.1) is 0 Å². The van der Waals surface area contributed by atoms with Gasteiger partial charge in [0.05, 0.1) is 10.5 Å². The molecule has 1 aromatic rings. The number of carbonyl (C=O) groups excluding carboxylic acids is 1. The minimum absolute atomic E-state index is 0.0435. The Labute approximate surface area is 167 Å². The fraction of sp³-hybridized carbons (Fsp3) is 0.500. The van der Waals surface area contributed by atoms with Crippen molar-refractivity contribution in [1.29, 1.82) is 0 Å². The third-order valence-electron chi connectivity index (χ3n) is 4.63. The van der Waals surface area contributed by atoms with E-state index in [0.717, 1.165) is 22.5 Å². The minimum atomic E-state index is -4.63. The van der Waals surface area contributed by atoms with Crippen molar-refractivity contribution in [2.24, 2.45) is 5.73 Å². The molecule has 3 N–H and O–H groups in total. The molecule has 29 heavy (non-hydrogen) atoms. The molecular weight excluding hydrogens is 411 g/mol. The number of hydroxylamine groups is 1. The van der Waals surface area contributed by atoms with Gasteiger partial charge in [0.2, 0.25) is 10.0 Å². The summed E-state index contributed by atoms with van der Waals surface area (Å²) in [6, 6.07) is 3.64. The van der Waals surface area contributed by atoms with Gasteiger partial charge in [0.25, 0.3) is 5.91 Å². The molecule has 0 spiro atoms. The lowest BCUT2D eigenvalue weighted by molar-refractivity contribution is -0.151. The number of nitrogens with zero attached hydrogens (tertiary/aromatic N) is 1. The number of benzene rings is 1. The van der Waals surface area contributed by atoms with Crippen LogP contribution in [0.25, 0.3) is 0 Å². The maximum Gasteiger partial charge on any atom is 0.416 e. The number of nitrogens with one attached hydrogen (secondary N) is 1. The fourth-order valence-corrected chi connectivity index (χ4v) is 4.25. The molecule has 2 rings (SSSR count). The van der Waals surface area contributed by atoms with Crippen molar-refractivity contribution >= 4 is 15.9 Å². The second-order valence-corrected chi connectivity index (χ2v) is 8.86. The number of rotatable bonds is 8. The van der Waals surface area contributed by atoms with Crippen molar-refractivity contribution < 1.29 is 31.2 Å². The first-order valence-corrected chi connectivity index (χ1v) is 10.4. The number of hydrogen-bond donors (Lipinski definition) is 2. The van der Waals surface area contributed by atoms with Gasteiger partial charge >= 0.3 is 6.18 Å². The third kappa shape index (κ3) is 5.49. The Kier molecular flexibility index (Phi) is 6.97. The Hall–Kier alpha value is -2.11. The van der Waals surface area contributed by atoms with Crippen LogP contribution in [0.4, 0.5) is 13.2 Å². The Balaban J connectivity index is 2.09. The van der Waals surface area contributed by atoms with E-state index in [1.165, 1.54) is 0 Å². The van der Waals surface area contributed by atoms with E-state index in [1.54, 1.807) is 13.0 Å². The smallest absolute Gasteiger partial charge is 0.367 e. The SMILES string of the molecule is CCCC(C)(ONC1=CCN(S(=O)(=O)c2cccc(C(F)(F)F)c2)CC1)C(N)=O. The van der Waals surface area contributed by atoms with Gasteiger partial charge in [-0.15, -0.1) is 0 Å². The van der Waals surface area contributed by atoms with Gasteiger partial charge < -0.3 is 5.73 Å². The fourth-order valence-electron chi connectivity index (χ4n) is 2.82. The summed E-state index contributed by atoms with van der Waals surface area (Å²) in [7, 11) is -4.09. The van der Waals surface area contributed by atoms with Gasteiger partial charge in [0.1, 0.15) is 0 Å². The van der Waals surface area contributed by atoms with Gasteiger partial charge in [-0.3, -0.25) is 15.1 Å². The first-order chi connectivity index (χ1) is 13.4. The lowest BCUT2D eigenvalue weighted by atomic mass is 10.0. The summed E-state index contributed by atoms with van der Waals surface area (Å²) in [6.45, 7) is 3.42. The topological polar surface area (TPSA) is 102 Å². The lowest BCUT2D eigenvalue weighted by Gasteiger charge is -2.30. The lowest BCUT2D eigenvalue weighted by Crippen LogP contribution is -2.47. The minimum Gasteiger partial charge on any atom is -0.367 e. The molecule has 1 atom stereocenters. The summed E-state index contributed by atoms with van der Waals surface area (Å²) in [4.78, 5) is 16.6. The van der Waals surface area contributed by atoms with E-state index in [0.29, 0.717) is 24.6 Å². The van der Waals surface area contributed by atoms with Crippen LogP contribution in [0.3, 0.4) is 0 Å². The van der Waals surface area contributed by atoms with E-state index in [-0.39, 0.29) is 19.5 Å². The molecule has 0 saturated heterocycles. The van der Waals surface area contributed by atoms with Crippen LogP contribution in [0.5, 0.6) is 0 Å². The van der Waals surface area contributed by atoms with Gasteiger partial charge in [0, 0.05) is 25.2 Å². The summed E-state index contributed by atoms with van der Waals surface area (Å²) in [5.41, 5.74) is 6.35. The number of primary amides is 1. The molecule has 0 bridgehead atoms. The predicted octanol–water partition coefficient (Wildman–Crippen LogP) is 2.55. The van der Waals surface area contributed by atoms with E-state index in [4.69, 9.17) is 10.6 Å². The van der Waals surface area contributed by atoms with Crippen molar-refractivity contribution in [2.45, 2.75) is 49.8 Å². The Morgan fingerprint density at radius 2 is 2.03 bits per heavy atom. The number of sulfonamides is 1. The van der Waals surface area contributed by atoms with Crippen LogP contribution >= 0.6 is 0 Å². The molecule has 0 fully saturated rings. The van der Waals surface area contributed by atoms with Crippen molar-refractivity contribution in [1.82, 2.24) is 9.79 Å². The van der Waals surface area contributed by atoms with E-state index in [9.17, 15) is 26.4 Å². The normalized spacial score (nSPS) is 18.0. The second-order valence-electron chi connectivity index (χ2n) is 6.92. The summed E-state index contributed by atoms with van der Waals surface area (Å²) in [5.74, 6) is -0.628. The molecule has 0 saturated carbocycles. The molecular formula is C18H24F3N3O4S. The van der Waals surface area contributed by atoms with Gasteiger partial charge in [-0.25, -0.2) is 8.42 Å². The first kappa shape index (κ1) is 23.2. The summed E-state index contributed by atoms with van der Waals surface area (Å²) in [5, 5.41) is 0. The number of alkyl halides is 3. The van der Waals surface area contributed by atoms with E-state index in [1.807, 2.05) is 6.92 Å². The summed E-state index contributed by atoms with van der Waals surface area (Å²) < 4.78 is 65.0. The second kappa shape index (κ2) is 8.72. The van der Waals surface area contributed by atoms with Crippen LogP contribution in [0.2, 0.25) is 0 Å². The van der Waals surface area contributed by atoms with Crippen LogP contribution in [0.1, 0.15) is 38.7 Å². The predicted molar refractivity (Wildman–Crippen MR) is 99.6 cm³/mol. The largest absolute Gasteiger partial charge is 0.416 e. The Bertz CT molecular complexity index is 887. The number of carbonyl (C=O) groups is 1. The molecule has 1 aliphatic heterocycles. The van der Waals surface area contributed by atoms with Crippen molar-refractivity contribution in [3.05, 3.63) is 41.6 Å². The van der Waals surface area contributed by atoms with Gasteiger partial charge in [-0.1, -0.05) is 19.4 Å². The van der Waals surface area contributed by atoms with E-state index in [2.05, 4.69) is 5.48 Å². The van der Waals surface area contributed by atoms with E-state index >= 15 is 0 Å². The van der Waals surface area contributed by atoms with Gasteiger partial charge in [-0.2, -0.15) is 17.5 Å². The van der Waals surface area contributed by atoms with Gasteiger partial charge in [-0.05, 0) is 37.6 Å². The molecule has 1 amide bonds. The van der Waals surface area contributed by atoms with Crippen LogP contribution in [0.15, 0.2) is 40.9 Å². The maximum atomic E-state index is 12.9. The highest BCUT2D eigenvalue weighted by Gasteiger charge is 2.34. The zero-order valence-corrected chi connectivity index (χ0v) is 16.9.